The SMILES string of the molecule is CC[C@@H]1CSC(=Nc2ccc(OC)cc2)N1C(=O)COc1ccc(Cl)cc1C. The van der Waals surface area contributed by atoms with Crippen LogP contribution >= 0.6 is 23.4 Å². The van der Waals surface area contributed by atoms with E-state index in [0.717, 1.165) is 29.2 Å². The van der Waals surface area contributed by atoms with Gasteiger partial charge in [-0.3, -0.25) is 9.69 Å². The molecule has 2 aromatic carbocycles. The lowest BCUT2D eigenvalue weighted by Gasteiger charge is -2.23. The minimum atomic E-state index is -0.0986. The number of nitrogens with zero attached hydrogens (tertiary/aromatic N) is 2. The van der Waals surface area contributed by atoms with Crippen molar-refractivity contribution >= 4 is 40.1 Å². The number of carbonyl (C=O) groups excluding carboxylic acids is 1. The Hall–Kier alpha value is -2.18. The van der Waals surface area contributed by atoms with Gasteiger partial charge < -0.3 is 9.47 Å². The van der Waals surface area contributed by atoms with E-state index in [4.69, 9.17) is 21.1 Å². The van der Waals surface area contributed by atoms with E-state index in [1.54, 1.807) is 35.9 Å². The molecule has 5 nitrogen and oxygen atoms in total. The number of halogens is 1. The lowest BCUT2D eigenvalue weighted by Crippen LogP contribution is -2.41. The monoisotopic (exact) mass is 418 g/mol. The zero-order chi connectivity index (χ0) is 20.1. The second-order valence-corrected chi connectivity index (χ2v) is 7.85. The Labute approximate surface area is 174 Å². The van der Waals surface area contributed by atoms with Crippen LogP contribution in [0.5, 0.6) is 11.5 Å². The fraction of sp³-hybridized carbons (Fsp3) is 0.333. The summed E-state index contributed by atoms with van der Waals surface area (Å²) in [7, 11) is 1.63. The molecule has 2 aromatic rings. The summed E-state index contributed by atoms with van der Waals surface area (Å²) < 4.78 is 10.9. The highest BCUT2D eigenvalue weighted by molar-refractivity contribution is 8.14. The summed E-state index contributed by atoms with van der Waals surface area (Å²) in [5.74, 6) is 2.16. The van der Waals surface area contributed by atoms with Crippen molar-refractivity contribution in [2.24, 2.45) is 4.99 Å². The normalized spacial score (nSPS) is 17.8. The smallest absolute Gasteiger partial charge is 0.266 e. The molecule has 1 heterocycles. The molecule has 1 aliphatic heterocycles. The molecule has 1 saturated heterocycles. The second kappa shape index (κ2) is 9.34. The van der Waals surface area contributed by atoms with E-state index in [1.807, 2.05) is 37.3 Å². The molecule has 0 N–H and O–H groups in total. The molecule has 0 aromatic heterocycles. The third kappa shape index (κ3) is 4.80. The predicted octanol–water partition coefficient (Wildman–Crippen LogP) is 5.08. The quantitative estimate of drug-likeness (QED) is 0.656. The van der Waals surface area contributed by atoms with Crippen LogP contribution in [-0.2, 0) is 4.79 Å². The van der Waals surface area contributed by atoms with Gasteiger partial charge in [-0.2, -0.15) is 0 Å². The summed E-state index contributed by atoms with van der Waals surface area (Å²) in [4.78, 5) is 19.4. The zero-order valence-electron chi connectivity index (χ0n) is 16.1. The van der Waals surface area contributed by atoms with E-state index < -0.39 is 0 Å². The van der Waals surface area contributed by atoms with Crippen LogP contribution in [-0.4, -0.2) is 41.5 Å². The van der Waals surface area contributed by atoms with E-state index in [-0.39, 0.29) is 18.6 Å². The maximum atomic E-state index is 12.9. The first-order chi connectivity index (χ1) is 13.5. The van der Waals surface area contributed by atoms with Gasteiger partial charge in [0.1, 0.15) is 11.5 Å². The molecule has 0 bridgehead atoms. The van der Waals surface area contributed by atoms with E-state index >= 15 is 0 Å². The van der Waals surface area contributed by atoms with Crippen molar-refractivity contribution < 1.29 is 14.3 Å². The molecule has 0 saturated carbocycles. The first-order valence-electron chi connectivity index (χ1n) is 9.08. The average molecular weight is 419 g/mol. The highest BCUT2D eigenvalue weighted by Crippen LogP contribution is 2.30. The molecule has 1 atom stereocenters. The van der Waals surface area contributed by atoms with Gasteiger partial charge in [0.2, 0.25) is 0 Å². The molecule has 0 spiro atoms. The number of ether oxygens (including phenoxy) is 2. The Morgan fingerprint density at radius 2 is 2.04 bits per heavy atom. The Morgan fingerprint density at radius 1 is 1.29 bits per heavy atom. The lowest BCUT2D eigenvalue weighted by atomic mass is 10.2. The maximum Gasteiger partial charge on any atom is 0.266 e. The maximum absolute atomic E-state index is 12.9. The number of hydrogen-bond donors (Lipinski definition) is 0. The summed E-state index contributed by atoms with van der Waals surface area (Å²) in [6, 6.07) is 12.9. The molecule has 0 unspecified atom stereocenters. The zero-order valence-corrected chi connectivity index (χ0v) is 17.7. The largest absolute Gasteiger partial charge is 0.497 e. The van der Waals surface area contributed by atoms with Crippen molar-refractivity contribution in [2.75, 3.05) is 19.5 Å². The average Bonchev–Trinajstić information content (AvgIpc) is 3.10. The van der Waals surface area contributed by atoms with E-state index in [0.29, 0.717) is 15.9 Å². The molecule has 1 amide bonds. The number of aryl methyl sites for hydroxylation is 1. The van der Waals surface area contributed by atoms with Crippen LogP contribution in [0, 0.1) is 6.92 Å². The number of thioether (sulfide) groups is 1. The van der Waals surface area contributed by atoms with Gasteiger partial charge in [0.15, 0.2) is 11.8 Å². The minimum Gasteiger partial charge on any atom is -0.497 e. The van der Waals surface area contributed by atoms with E-state index in [2.05, 4.69) is 11.9 Å². The summed E-state index contributed by atoms with van der Waals surface area (Å²) in [6.45, 7) is 3.94. The molecule has 0 aliphatic carbocycles. The number of hydrogen-bond acceptors (Lipinski definition) is 5. The van der Waals surface area contributed by atoms with Gasteiger partial charge in [-0.1, -0.05) is 30.3 Å². The van der Waals surface area contributed by atoms with Crippen molar-refractivity contribution in [1.29, 1.82) is 0 Å². The number of methoxy groups -OCH3 is 1. The number of aliphatic imine (C=N–C) groups is 1. The second-order valence-electron chi connectivity index (χ2n) is 6.43. The standard InChI is InChI=1S/C21H23ClN2O3S/c1-4-17-13-28-21(23-16-6-8-18(26-3)9-7-16)24(17)20(25)12-27-19-10-5-15(22)11-14(19)2/h5-11,17H,4,12-13H2,1-3H3/t17-/m1/s1. The van der Waals surface area contributed by atoms with Crippen LogP contribution in [0.1, 0.15) is 18.9 Å². The number of benzene rings is 2. The molecule has 0 radical (unpaired) electrons. The van der Waals surface area contributed by atoms with Crippen LogP contribution in [0.15, 0.2) is 47.5 Å². The van der Waals surface area contributed by atoms with Gasteiger partial charge in [0.05, 0.1) is 12.8 Å². The topological polar surface area (TPSA) is 51.1 Å². The van der Waals surface area contributed by atoms with Gasteiger partial charge in [-0.15, -0.1) is 0 Å². The molecule has 7 heteroatoms. The molecule has 1 fully saturated rings. The van der Waals surface area contributed by atoms with Crippen molar-refractivity contribution in [2.45, 2.75) is 26.3 Å². The summed E-state index contributed by atoms with van der Waals surface area (Å²) in [6.07, 6.45) is 0.861. The van der Waals surface area contributed by atoms with Gasteiger partial charge in [0, 0.05) is 16.8 Å². The highest BCUT2D eigenvalue weighted by atomic mass is 35.5. The van der Waals surface area contributed by atoms with E-state index in [1.165, 1.54) is 0 Å². The summed E-state index contributed by atoms with van der Waals surface area (Å²) in [5, 5.41) is 1.35. The first-order valence-corrected chi connectivity index (χ1v) is 10.4. The summed E-state index contributed by atoms with van der Waals surface area (Å²) in [5.41, 5.74) is 1.68. The number of amidine groups is 1. The Bertz CT molecular complexity index is 870. The van der Waals surface area contributed by atoms with Gasteiger partial charge >= 0.3 is 0 Å². The Balaban J connectivity index is 1.75. The molecular weight excluding hydrogens is 396 g/mol. The highest BCUT2D eigenvalue weighted by Gasteiger charge is 2.34. The fourth-order valence-corrected chi connectivity index (χ4v) is 4.43. The number of carbonyl (C=O) groups is 1. The van der Waals surface area contributed by atoms with Crippen LogP contribution in [0.3, 0.4) is 0 Å². The first kappa shape index (κ1) is 20.6. The van der Waals surface area contributed by atoms with E-state index in [9.17, 15) is 4.79 Å². The van der Waals surface area contributed by atoms with Crippen molar-refractivity contribution in [3.05, 3.63) is 53.1 Å². The van der Waals surface area contributed by atoms with Crippen LogP contribution in [0.25, 0.3) is 0 Å². The third-order valence-corrected chi connectivity index (χ3v) is 5.83. The fourth-order valence-electron chi connectivity index (χ4n) is 2.92. The molecular formula is C21H23ClN2O3S. The van der Waals surface area contributed by atoms with Crippen molar-refractivity contribution in [1.82, 2.24) is 4.90 Å². The Kier molecular flexibility index (Phi) is 6.86. The number of amides is 1. The lowest BCUT2D eigenvalue weighted by molar-refractivity contribution is -0.130. The van der Waals surface area contributed by atoms with Crippen LogP contribution in [0.4, 0.5) is 5.69 Å². The van der Waals surface area contributed by atoms with Crippen molar-refractivity contribution in [3.8, 4) is 11.5 Å². The van der Waals surface area contributed by atoms with Crippen molar-refractivity contribution in [3.63, 3.8) is 0 Å². The molecule has 3 rings (SSSR count). The Morgan fingerprint density at radius 3 is 2.68 bits per heavy atom. The van der Waals surface area contributed by atoms with Crippen LogP contribution < -0.4 is 9.47 Å². The molecule has 1 aliphatic rings. The van der Waals surface area contributed by atoms with Gasteiger partial charge in [-0.25, -0.2) is 4.99 Å². The molecule has 148 valence electrons. The van der Waals surface area contributed by atoms with Crippen LogP contribution in [0.2, 0.25) is 5.02 Å². The summed E-state index contributed by atoms with van der Waals surface area (Å²) >= 11 is 7.57. The van der Waals surface area contributed by atoms with Gasteiger partial charge in [-0.05, 0) is 61.4 Å². The minimum absolute atomic E-state index is 0.0405. The van der Waals surface area contributed by atoms with Gasteiger partial charge in [0.25, 0.3) is 5.91 Å². The predicted molar refractivity (Wildman–Crippen MR) is 115 cm³/mol. The third-order valence-electron chi connectivity index (χ3n) is 4.50. The number of rotatable bonds is 6. The molecule has 28 heavy (non-hydrogen) atoms.